The van der Waals surface area contributed by atoms with Crippen molar-refractivity contribution in [2.45, 2.75) is 37.8 Å². The Bertz CT molecular complexity index is 809. The van der Waals surface area contributed by atoms with Crippen molar-refractivity contribution in [3.63, 3.8) is 0 Å². The Kier molecular flexibility index (Phi) is 3.26. The summed E-state index contributed by atoms with van der Waals surface area (Å²) in [4.78, 5) is 32.8. The summed E-state index contributed by atoms with van der Waals surface area (Å²) in [6.45, 7) is 0. The standard InChI is InChI=1S/C14H14BrN3O3S/c15-9-5-8-11(22-9)13(19)17-12(16-8)10-6-1-3-7(4-2-6)18(10)14(20)21/h5-7,10H,1-4H2,(H,20,21)(H,16,17,19)/t6?,7?,10-/m0/s1. The van der Waals surface area contributed by atoms with Crippen LogP contribution in [-0.4, -0.2) is 32.1 Å². The maximum Gasteiger partial charge on any atom is 0.408 e. The van der Waals surface area contributed by atoms with E-state index in [2.05, 4.69) is 25.9 Å². The molecule has 0 spiro atoms. The lowest BCUT2D eigenvalue weighted by atomic mass is 9.74. The van der Waals surface area contributed by atoms with E-state index in [1.165, 1.54) is 16.2 Å². The number of piperidine rings is 2. The Morgan fingerprint density at radius 1 is 1.41 bits per heavy atom. The lowest BCUT2D eigenvalue weighted by Crippen LogP contribution is -2.53. The maximum absolute atomic E-state index is 12.3. The lowest BCUT2D eigenvalue weighted by Gasteiger charge is -2.49. The Morgan fingerprint density at radius 2 is 2.14 bits per heavy atom. The molecular weight excluding hydrogens is 370 g/mol. The number of halogens is 1. The van der Waals surface area contributed by atoms with Crippen LogP contribution >= 0.6 is 27.3 Å². The van der Waals surface area contributed by atoms with Gasteiger partial charge in [-0.1, -0.05) is 0 Å². The zero-order valence-corrected chi connectivity index (χ0v) is 14.0. The van der Waals surface area contributed by atoms with Crippen molar-refractivity contribution < 1.29 is 9.90 Å². The van der Waals surface area contributed by atoms with Gasteiger partial charge in [0.15, 0.2) is 0 Å². The first-order chi connectivity index (χ1) is 10.5. The van der Waals surface area contributed by atoms with Gasteiger partial charge in [-0.05, 0) is 53.6 Å². The minimum absolute atomic E-state index is 0.0442. The van der Waals surface area contributed by atoms with Gasteiger partial charge in [0.2, 0.25) is 0 Å². The highest BCUT2D eigenvalue weighted by molar-refractivity contribution is 9.11. The number of carbonyl (C=O) groups is 1. The normalized spacial score (nSPS) is 27.5. The average Bonchev–Trinajstić information content (AvgIpc) is 2.88. The molecule has 2 aromatic rings. The molecule has 2 saturated heterocycles. The van der Waals surface area contributed by atoms with Crippen LogP contribution in [0.4, 0.5) is 4.79 Å². The van der Waals surface area contributed by atoms with Gasteiger partial charge in [0, 0.05) is 6.04 Å². The monoisotopic (exact) mass is 383 g/mol. The summed E-state index contributed by atoms with van der Waals surface area (Å²) in [5.74, 6) is 0.725. The third-order valence-electron chi connectivity index (χ3n) is 4.75. The predicted octanol–water partition coefficient (Wildman–Crippen LogP) is 3.34. The van der Waals surface area contributed by atoms with Crippen molar-refractivity contribution in [3.05, 3.63) is 26.0 Å². The SMILES string of the molecule is O=C(O)N1C2CCC(CC2)[C@H]1c1nc2cc(Br)sc2c(=O)[nH]1. The van der Waals surface area contributed by atoms with E-state index in [1.54, 1.807) is 0 Å². The topological polar surface area (TPSA) is 86.3 Å². The van der Waals surface area contributed by atoms with Crippen LogP contribution in [0.3, 0.4) is 0 Å². The van der Waals surface area contributed by atoms with Crippen molar-refractivity contribution in [2.75, 3.05) is 0 Å². The van der Waals surface area contributed by atoms with Crippen molar-refractivity contribution in [2.24, 2.45) is 5.92 Å². The summed E-state index contributed by atoms with van der Waals surface area (Å²) >= 11 is 4.71. The fraction of sp³-hybridized carbons (Fsp3) is 0.500. The summed E-state index contributed by atoms with van der Waals surface area (Å²) in [6, 6.07) is 1.52. The fourth-order valence-electron chi connectivity index (χ4n) is 3.85. The van der Waals surface area contributed by atoms with Crippen LogP contribution in [0.5, 0.6) is 0 Å². The lowest BCUT2D eigenvalue weighted by molar-refractivity contribution is -0.00531. The molecule has 2 bridgehead atoms. The summed E-state index contributed by atoms with van der Waals surface area (Å²) < 4.78 is 1.41. The van der Waals surface area contributed by atoms with E-state index >= 15 is 0 Å². The van der Waals surface area contributed by atoms with Gasteiger partial charge in [0.05, 0.1) is 15.3 Å². The molecule has 1 atom stereocenters. The molecule has 0 radical (unpaired) electrons. The van der Waals surface area contributed by atoms with Crippen LogP contribution in [0.2, 0.25) is 0 Å². The molecule has 2 aromatic heterocycles. The number of nitrogens with zero attached hydrogens (tertiary/aromatic N) is 2. The van der Waals surface area contributed by atoms with E-state index in [4.69, 9.17) is 0 Å². The first kappa shape index (κ1) is 14.2. The van der Waals surface area contributed by atoms with E-state index in [0.717, 1.165) is 29.5 Å². The molecule has 1 amide bonds. The van der Waals surface area contributed by atoms with Gasteiger partial charge in [-0.3, -0.25) is 9.69 Å². The van der Waals surface area contributed by atoms with E-state index in [-0.39, 0.29) is 23.6 Å². The smallest absolute Gasteiger partial charge is 0.408 e. The Morgan fingerprint density at radius 3 is 2.82 bits per heavy atom. The zero-order chi connectivity index (χ0) is 15.4. The summed E-state index contributed by atoms with van der Waals surface area (Å²) in [5, 5.41) is 9.58. The predicted molar refractivity (Wildman–Crippen MR) is 86.3 cm³/mol. The van der Waals surface area contributed by atoms with Gasteiger partial charge in [-0.15, -0.1) is 11.3 Å². The number of thiophene rings is 1. The molecule has 1 aliphatic carbocycles. The van der Waals surface area contributed by atoms with E-state index in [9.17, 15) is 14.7 Å². The minimum Gasteiger partial charge on any atom is -0.465 e. The van der Waals surface area contributed by atoms with Gasteiger partial charge in [-0.25, -0.2) is 9.78 Å². The summed E-state index contributed by atoms with van der Waals surface area (Å²) in [7, 11) is 0. The zero-order valence-electron chi connectivity index (χ0n) is 11.6. The molecule has 8 heteroatoms. The highest BCUT2D eigenvalue weighted by atomic mass is 79.9. The minimum atomic E-state index is -0.923. The second-order valence-electron chi connectivity index (χ2n) is 5.92. The molecule has 0 aromatic carbocycles. The molecular formula is C14H14BrN3O3S. The van der Waals surface area contributed by atoms with Gasteiger partial charge in [0.25, 0.3) is 5.56 Å². The number of H-pyrrole nitrogens is 1. The Labute approximate surface area is 138 Å². The van der Waals surface area contributed by atoms with Gasteiger partial charge in [0.1, 0.15) is 10.5 Å². The highest BCUT2D eigenvalue weighted by Gasteiger charge is 2.46. The first-order valence-electron chi connectivity index (χ1n) is 7.25. The van der Waals surface area contributed by atoms with Crippen molar-refractivity contribution in [1.82, 2.24) is 14.9 Å². The third kappa shape index (κ3) is 2.08. The van der Waals surface area contributed by atoms with Gasteiger partial charge in [-0.2, -0.15) is 0 Å². The molecule has 116 valence electrons. The summed E-state index contributed by atoms with van der Waals surface area (Å²) in [6.07, 6.45) is 2.88. The second-order valence-corrected chi connectivity index (χ2v) is 8.35. The Balaban J connectivity index is 1.85. The number of nitrogens with one attached hydrogen (secondary N) is 1. The molecule has 5 rings (SSSR count). The molecule has 22 heavy (non-hydrogen) atoms. The van der Waals surface area contributed by atoms with Crippen LogP contribution < -0.4 is 5.56 Å². The number of aromatic amines is 1. The van der Waals surface area contributed by atoms with Crippen molar-refractivity contribution in [3.8, 4) is 0 Å². The molecule has 3 aliphatic rings. The molecule has 2 N–H and O–H groups in total. The van der Waals surface area contributed by atoms with Gasteiger partial charge < -0.3 is 10.1 Å². The largest absolute Gasteiger partial charge is 0.465 e. The Hall–Kier alpha value is -1.41. The molecule has 1 saturated carbocycles. The van der Waals surface area contributed by atoms with Crippen LogP contribution in [0.1, 0.15) is 37.5 Å². The second kappa shape index (κ2) is 5.06. The maximum atomic E-state index is 12.3. The van der Waals surface area contributed by atoms with Crippen LogP contribution in [-0.2, 0) is 0 Å². The molecule has 4 heterocycles. The quantitative estimate of drug-likeness (QED) is 0.790. The van der Waals surface area contributed by atoms with Crippen LogP contribution in [0.15, 0.2) is 14.6 Å². The van der Waals surface area contributed by atoms with Crippen LogP contribution in [0, 0.1) is 5.92 Å². The van der Waals surface area contributed by atoms with Gasteiger partial charge >= 0.3 is 6.09 Å². The van der Waals surface area contributed by atoms with E-state index < -0.39 is 6.09 Å². The number of carboxylic acid groups (broad SMARTS) is 1. The number of aromatic nitrogens is 2. The summed E-state index contributed by atoms with van der Waals surface area (Å²) in [5.41, 5.74) is 0.435. The number of hydrogen-bond donors (Lipinski definition) is 2. The van der Waals surface area contributed by atoms with Crippen molar-refractivity contribution in [1.29, 1.82) is 0 Å². The molecule has 6 nitrogen and oxygen atoms in total. The number of hydrogen-bond acceptors (Lipinski definition) is 4. The highest BCUT2D eigenvalue weighted by Crippen LogP contribution is 2.46. The van der Waals surface area contributed by atoms with E-state index in [1.807, 2.05) is 6.07 Å². The fourth-order valence-corrected chi connectivity index (χ4v) is 5.27. The molecule has 0 unspecified atom stereocenters. The number of rotatable bonds is 1. The number of amides is 1. The average molecular weight is 384 g/mol. The third-order valence-corrected chi connectivity index (χ3v) is 6.38. The van der Waals surface area contributed by atoms with Crippen LogP contribution in [0.25, 0.3) is 10.2 Å². The first-order valence-corrected chi connectivity index (χ1v) is 8.86. The van der Waals surface area contributed by atoms with E-state index in [0.29, 0.717) is 16.0 Å². The molecule has 2 aliphatic heterocycles. The van der Waals surface area contributed by atoms with Crippen molar-refractivity contribution >= 4 is 43.6 Å². The molecule has 3 fully saturated rings. The number of fused-ring (bicyclic) bond motifs is 4.